The zero-order valence-electron chi connectivity index (χ0n) is 14.9. The number of amides is 2. The van der Waals surface area contributed by atoms with Crippen LogP contribution in [0.15, 0.2) is 41.3 Å². The van der Waals surface area contributed by atoms with E-state index in [2.05, 4.69) is 11.4 Å². The molecule has 0 radical (unpaired) electrons. The molecule has 2 aliphatic rings. The largest absolute Gasteiger partial charge is 0.454 e. The van der Waals surface area contributed by atoms with Crippen LogP contribution in [0, 0.1) is 13.8 Å². The Balaban J connectivity index is 1.48. The second-order valence-corrected chi connectivity index (χ2v) is 7.37. The van der Waals surface area contributed by atoms with Crippen LogP contribution in [0.2, 0.25) is 0 Å². The van der Waals surface area contributed by atoms with Crippen LogP contribution in [0.4, 0.5) is 10.5 Å². The van der Waals surface area contributed by atoms with Crippen molar-refractivity contribution in [3.8, 4) is 11.5 Å². The monoisotopic (exact) mass is 382 g/mol. The third-order valence-electron chi connectivity index (χ3n) is 4.38. The quantitative estimate of drug-likeness (QED) is 0.802. The first-order valence-electron chi connectivity index (χ1n) is 8.47. The number of nitrogens with one attached hydrogen (secondary N) is 1. The lowest BCUT2D eigenvalue weighted by atomic mass is 10.1. The van der Waals surface area contributed by atoms with Gasteiger partial charge in [0, 0.05) is 5.69 Å². The number of hydrogen-bond acceptors (Lipinski definition) is 6. The predicted octanol–water partition coefficient (Wildman–Crippen LogP) is 4.14. The minimum Gasteiger partial charge on any atom is -0.454 e. The van der Waals surface area contributed by atoms with Gasteiger partial charge in [0.05, 0.1) is 11.6 Å². The topological polar surface area (TPSA) is 67.9 Å². The van der Waals surface area contributed by atoms with Crippen molar-refractivity contribution in [3.05, 3.63) is 58.0 Å². The van der Waals surface area contributed by atoms with Gasteiger partial charge in [-0.05, 0) is 61.0 Å². The fourth-order valence-electron chi connectivity index (χ4n) is 2.97. The van der Waals surface area contributed by atoms with Crippen LogP contribution in [0.1, 0.15) is 16.7 Å². The van der Waals surface area contributed by atoms with Crippen LogP contribution in [0.5, 0.6) is 11.5 Å². The molecule has 0 saturated carbocycles. The highest BCUT2D eigenvalue weighted by atomic mass is 32.2. The molecule has 2 aliphatic heterocycles. The first-order valence-corrected chi connectivity index (χ1v) is 9.29. The fourth-order valence-corrected chi connectivity index (χ4v) is 3.81. The number of anilines is 1. The number of imide groups is 1. The number of fused-ring (bicyclic) bond motifs is 1. The van der Waals surface area contributed by atoms with Gasteiger partial charge in [-0.1, -0.05) is 23.8 Å². The molecule has 1 fully saturated rings. The minimum absolute atomic E-state index is 0.132. The third-order valence-corrected chi connectivity index (χ3v) is 5.28. The highest BCUT2D eigenvalue weighted by Crippen LogP contribution is 2.36. The number of carbonyl (C=O) groups is 2. The van der Waals surface area contributed by atoms with Crippen LogP contribution < -0.4 is 14.8 Å². The number of hydrogen-bond donors (Lipinski definition) is 1. The summed E-state index contributed by atoms with van der Waals surface area (Å²) in [5.41, 5.74) is 3.92. The number of thioether (sulfide) groups is 1. The van der Waals surface area contributed by atoms with Crippen LogP contribution in [0.3, 0.4) is 0 Å². The molecule has 1 N–H and O–H groups in total. The van der Waals surface area contributed by atoms with E-state index in [0.717, 1.165) is 34.1 Å². The molecule has 0 unspecified atom stereocenters. The van der Waals surface area contributed by atoms with Gasteiger partial charge in [-0.3, -0.25) is 14.5 Å². The standard InChI is InChI=1S/C20H18N2O4S/c1-12-3-5-15(13(2)7-12)21-10-22-19(23)18(27-20(22)24)9-14-4-6-16-17(8-14)26-11-25-16/h3-9,21H,10-11H2,1-2H3/b18-9+. The Labute approximate surface area is 161 Å². The summed E-state index contributed by atoms with van der Waals surface area (Å²) in [6, 6.07) is 11.4. The van der Waals surface area contributed by atoms with E-state index < -0.39 is 0 Å². The molecule has 138 valence electrons. The Morgan fingerprint density at radius 1 is 1.11 bits per heavy atom. The van der Waals surface area contributed by atoms with Gasteiger partial charge in [0.15, 0.2) is 11.5 Å². The molecule has 1 saturated heterocycles. The highest BCUT2D eigenvalue weighted by Gasteiger charge is 2.35. The molecule has 4 rings (SSSR count). The van der Waals surface area contributed by atoms with Crippen molar-refractivity contribution in [2.45, 2.75) is 13.8 Å². The lowest BCUT2D eigenvalue weighted by Gasteiger charge is -2.16. The maximum atomic E-state index is 12.6. The van der Waals surface area contributed by atoms with Crippen LogP contribution in [-0.4, -0.2) is 29.5 Å². The Hall–Kier alpha value is -2.93. The van der Waals surface area contributed by atoms with Crippen molar-refractivity contribution in [1.29, 1.82) is 0 Å². The van der Waals surface area contributed by atoms with E-state index in [1.807, 2.05) is 32.0 Å². The summed E-state index contributed by atoms with van der Waals surface area (Å²) in [6.07, 6.45) is 1.70. The average Bonchev–Trinajstić information content (AvgIpc) is 3.19. The Morgan fingerprint density at radius 3 is 2.74 bits per heavy atom. The van der Waals surface area contributed by atoms with E-state index in [1.54, 1.807) is 18.2 Å². The van der Waals surface area contributed by atoms with Gasteiger partial charge in [0.25, 0.3) is 11.1 Å². The van der Waals surface area contributed by atoms with Crippen molar-refractivity contribution in [2.24, 2.45) is 0 Å². The normalized spacial score (nSPS) is 17.1. The number of nitrogens with zero attached hydrogens (tertiary/aromatic N) is 1. The molecule has 2 aromatic carbocycles. The molecule has 27 heavy (non-hydrogen) atoms. The van der Waals surface area contributed by atoms with Crippen molar-refractivity contribution in [1.82, 2.24) is 4.90 Å². The number of rotatable bonds is 4. The maximum absolute atomic E-state index is 12.6. The molecule has 0 spiro atoms. The van der Waals surface area contributed by atoms with Gasteiger partial charge >= 0.3 is 0 Å². The first kappa shape index (κ1) is 17.5. The van der Waals surface area contributed by atoms with Crippen molar-refractivity contribution >= 4 is 34.7 Å². The fraction of sp³-hybridized carbons (Fsp3) is 0.200. The summed E-state index contributed by atoms with van der Waals surface area (Å²) in [7, 11) is 0. The molecule has 0 atom stereocenters. The summed E-state index contributed by atoms with van der Waals surface area (Å²) in [5.74, 6) is 1.01. The van der Waals surface area contributed by atoms with Crippen molar-refractivity contribution < 1.29 is 19.1 Å². The number of aryl methyl sites for hydroxylation is 2. The summed E-state index contributed by atoms with van der Waals surface area (Å²) >= 11 is 0.938. The smallest absolute Gasteiger partial charge is 0.295 e. The number of carbonyl (C=O) groups excluding carboxylic acids is 2. The molecule has 6 nitrogen and oxygen atoms in total. The second kappa shape index (κ2) is 7.00. The van der Waals surface area contributed by atoms with Gasteiger partial charge < -0.3 is 14.8 Å². The zero-order chi connectivity index (χ0) is 19.0. The third kappa shape index (κ3) is 3.50. The Bertz CT molecular complexity index is 970. The lowest BCUT2D eigenvalue weighted by molar-refractivity contribution is -0.122. The molecular weight excluding hydrogens is 364 g/mol. The van der Waals surface area contributed by atoms with E-state index in [0.29, 0.717) is 16.4 Å². The molecule has 0 bridgehead atoms. The summed E-state index contributed by atoms with van der Waals surface area (Å²) in [6.45, 7) is 4.34. The van der Waals surface area contributed by atoms with Gasteiger partial charge in [-0.2, -0.15) is 0 Å². The van der Waals surface area contributed by atoms with Crippen LogP contribution in [0.25, 0.3) is 6.08 Å². The lowest BCUT2D eigenvalue weighted by Crippen LogP contribution is -2.33. The van der Waals surface area contributed by atoms with Gasteiger partial charge in [-0.25, -0.2) is 0 Å². The second-order valence-electron chi connectivity index (χ2n) is 6.38. The van der Waals surface area contributed by atoms with E-state index in [-0.39, 0.29) is 24.6 Å². The maximum Gasteiger partial charge on any atom is 0.295 e. The number of ether oxygens (including phenoxy) is 2. The first-order chi connectivity index (χ1) is 13.0. The average molecular weight is 382 g/mol. The van der Waals surface area contributed by atoms with Crippen molar-refractivity contribution in [3.63, 3.8) is 0 Å². The Morgan fingerprint density at radius 2 is 1.93 bits per heavy atom. The number of benzene rings is 2. The molecular formula is C20H18N2O4S. The zero-order valence-corrected chi connectivity index (χ0v) is 15.8. The highest BCUT2D eigenvalue weighted by molar-refractivity contribution is 8.18. The predicted molar refractivity (Wildman–Crippen MR) is 105 cm³/mol. The van der Waals surface area contributed by atoms with E-state index >= 15 is 0 Å². The van der Waals surface area contributed by atoms with Crippen molar-refractivity contribution in [2.75, 3.05) is 18.8 Å². The SMILES string of the molecule is Cc1ccc(NCN2C(=O)S/C(=C/c3ccc4c(c3)OCO4)C2=O)c(C)c1. The molecule has 2 heterocycles. The summed E-state index contributed by atoms with van der Waals surface area (Å²) in [4.78, 5) is 26.5. The van der Waals surface area contributed by atoms with Gasteiger partial charge in [0.2, 0.25) is 6.79 Å². The van der Waals surface area contributed by atoms with E-state index in [1.165, 1.54) is 4.90 Å². The van der Waals surface area contributed by atoms with Crippen LogP contribution >= 0.6 is 11.8 Å². The van der Waals surface area contributed by atoms with Crippen LogP contribution in [-0.2, 0) is 4.79 Å². The molecule has 0 aromatic heterocycles. The minimum atomic E-state index is -0.306. The van der Waals surface area contributed by atoms with E-state index in [9.17, 15) is 9.59 Å². The van der Waals surface area contributed by atoms with Gasteiger partial charge in [0.1, 0.15) is 0 Å². The molecule has 7 heteroatoms. The van der Waals surface area contributed by atoms with E-state index in [4.69, 9.17) is 9.47 Å². The summed E-state index contributed by atoms with van der Waals surface area (Å²) < 4.78 is 10.6. The summed E-state index contributed by atoms with van der Waals surface area (Å²) in [5, 5.41) is 2.88. The Kier molecular flexibility index (Phi) is 4.53. The van der Waals surface area contributed by atoms with Gasteiger partial charge in [-0.15, -0.1) is 0 Å². The molecule has 2 amide bonds. The molecule has 0 aliphatic carbocycles. The molecule has 2 aromatic rings.